The van der Waals surface area contributed by atoms with Gasteiger partial charge >= 0.3 is 5.69 Å². The monoisotopic (exact) mass is 235 g/mol. The summed E-state index contributed by atoms with van der Waals surface area (Å²) in [6.45, 7) is 0.234. The van der Waals surface area contributed by atoms with E-state index in [0.717, 1.165) is 12.1 Å². The van der Waals surface area contributed by atoms with Gasteiger partial charge < -0.3 is 10.6 Å². The average molecular weight is 235 g/mol. The number of fused-ring (bicyclic) bond motifs is 1. The van der Waals surface area contributed by atoms with E-state index in [-0.39, 0.29) is 6.54 Å². The summed E-state index contributed by atoms with van der Waals surface area (Å²) < 4.78 is 13.3. The molecule has 1 aromatic rings. The van der Waals surface area contributed by atoms with Crippen molar-refractivity contribution in [2.75, 3.05) is 17.2 Å². The summed E-state index contributed by atoms with van der Waals surface area (Å²) in [5.41, 5.74) is 0.0830. The van der Waals surface area contributed by atoms with Crippen LogP contribution in [0.2, 0.25) is 0 Å². The first-order valence-corrected chi connectivity index (χ1v) is 4.56. The Bertz CT molecular complexity index is 563. The number of rotatable bonds is 1. The lowest BCUT2D eigenvalue weighted by Gasteiger charge is -2.20. The molecule has 0 spiro atoms. The van der Waals surface area contributed by atoms with Crippen LogP contribution in [0.25, 0.3) is 0 Å². The summed E-state index contributed by atoms with van der Waals surface area (Å²) in [5.74, 6) is -0.593. The first-order valence-electron chi connectivity index (χ1n) is 4.56. The van der Waals surface area contributed by atoms with Gasteiger partial charge in [0, 0.05) is 12.1 Å². The van der Waals surface area contributed by atoms with E-state index in [1.54, 1.807) is 6.19 Å². The van der Waals surface area contributed by atoms with Gasteiger partial charge in [-0.1, -0.05) is 0 Å². The Labute approximate surface area is 94.7 Å². The number of hydrogen-bond donors (Lipinski definition) is 2. The van der Waals surface area contributed by atoms with Crippen molar-refractivity contribution < 1.29 is 9.31 Å². The van der Waals surface area contributed by atoms with Crippen molar-refractivity contribution in [1.29, 1.82) is 5.26 Å². The molecular formula is C9H6FN5O2. The fourth-order valence-electron chi connectivity index (χ4n) is 1.46. The molecule has 1 aromatic carbocycles. The highest BCUT2D eigenvalue weighted by Gasteiger charge is 2.21. The molecule has 0 saturated heterocycles. The quantitative estimate of drug-likeness (QED) is 0.435. The Hall–Kier alpha value is -2.69. The first kappa shape index (κ1) is 10.8. The van der Waals surface area contributed by atoms with E-state index in [2.05, 4.69) is 15.6 Å². The highest BCUT2D eigenvalue weighted by atomic mass is 19.1. The molecule has 86 valence electrons. The van der Waals surface area contributed by atoms with Crippen LogP contribution in [0.4, 0.5) is 21.5 Å². The van der Waals surface area contributed by atoms with Crippen LogP contribution in [-0.4, -0.2) is 17.3 Å². The van der Waals surface area contributed by atoms with Gasteiger partial charge in [-0.3, -0.25) is 10.1 Å². The number of hydrogen-bond acceptors (Lipinski definition) is 5. The van der Waals surface area contributed by atoms with Crippen molar-refractivity contribution in [3.05, 3.63) is 28.1 Å². The van der Waals surface area contributed by atoms with Crippen molar-refractivity contribution >= 4 is 22.9 Å². The molecule has 1 aliphatic rings. The van der Waals surface area contributed by atoms with Crippen LogP contribution in [0.15, 0.2) is 17.1 Å². The predicted molar refractivity (Wildman–Crippen MR) is 58.2 cm³/mol. The van der Waals surface area contributed by atoms with Crippen molar-refractivity contribution in [3.63, 3.8) is 0 Å². The van der Waals surface area contributed by atoms with Crippen molar-refractivity contribution in [2.45, 2.75) is 0 Å². The Balaban J connectivity index is 2.44. The SMILES string of the molecule is N#CN=C1CNc2cc(F)c([N+](=O)[O-])cc2N1. The fraction of sp³-hybridized carbons (Fsp3) is 0.111. The number of nitrogens with zero attached hydrogens (tertiary/aromatic N) is 3. The zero-order valence-electron chi connectivity index (χ0n) is 8.40. The molecule has 0 aromatic heterocycles. The minimum absolute atomic E-state index is 0.234. The second-order valence-electron chi connectivity index (χ2n) is 3.24. The predicted octanol–water partition coefficient (Wildman–Crippen LogP) is 1.45. The standard InChI is InChI=1S/C9H6FN5O2/c10-5-1-6-7(2-8(5)15(16)17)14-9(3-12-6)13-4-11/h1-2,12H,3H2,(H,13,14). The van der Waals surface area contributed by atoms with Crippen molar-refractivity contribution in [2.24, 2.45) is 4.99 Å². The first-order chi connectivity index (χ1) is 8.11. The molecule has 0 aliphatic carbocycles. The fourth-order valence-corrected chi connectivity index (χ4v) is 1.46. The van der Waals surface area contributed by atoms with Crippen LogP contribution in [0.3, 0.4) is 0 Å². The Morgan fingerprint density at radius 2 is 2.29 bits per heavy atom. The molecule has 0 radical (unpaired) electrons. The van der Waals surface area contributed by atoms with E-state index in [1.165, 1.54) is 0 Å². The number of nitrogens with one attached hydrogen (secondary N) is 2. The van der Waals surface area contributed by atoms with Crippen molar-refractivity contribution in [3.8, 4) is 6.19 Å². The summed E-state index contributed by atoms with van der Waals surface area (Å²) in [5, 5.41) is 24.4. The van der Waals surface area contributed by atoms with Crippen LogP contribution in [0.1, 0.15) is 0 Å². The topological polar surface area (TPSA) is 103 Å². The van der Waals surface area contributed by atoms with E-state index in [1.807, 2.05) is 0 Å². The lowest BCUT2D eigenvalue weighted by atomic mass is 10.2. The second-order valence-corrected chi connectivity index (χ2v) is 3.24. The van der Waals surface area contributed by atoms with Gasteiger partial charge in [0.1, 0.15) is 5.84 Å². The Morgan fingerprint density at radius 1 is 1.53 bits per heavy atom. The maximum absolute atomic E-state index is 13.3. The van der Waals surface area contributed by atoms with E-state index in [4.69, 9.17) is 5.26 Å². The van der Waals surface area contributed by atoms with E-state index in [0.29, 0.717) is 17.2 Å². The smallest absolute Gasteiger partial charge is 0.307 e. The average Bonchev–Trinajstić information content (AvgIpc) is 2.28. The lowest BCUT2D eigenvalue weighted by molar-refractivity contribution is -0.387. The zero-order valence-corrected chi connectivity index (χ0v) is 8.40. The highest BCUT2D eigenvalue weighted by molar-refractivity contribution is 6.04. The minimum Gasteiger partial charge on any atom is -0.376 e. The van der Waals surface area contributed by atoms with Gasteiger partial charge in [0.15, 0.2) is 0 Å². The third kappa shape index (κ3) is 1.98. The molecule has 2 N–H and O–H groups in total. The number of nitro groups is 1. The number of anilines is 2. The van der Waals surface area contributed by atoms with E-state index in [9.17, 15) is 14.5 Å². The van der Waals surface area contributed by atoms with Gasteiger partial charge in [-0.2, -0.15) is 14.6 Å². The van der Waals surface area contributed by atoms with Gasteiger partial charge in [-0.15, -0.1) is 0 Å². The van der Waals surface area contributed by atoms with E-state index < -0.39 is 16.4 Å². The van der Waals surface area contributed by atoms with Gasteiger partial charge in [0.25, 0.3) is 0 Å². The summed E-state index contributed by atoms with van der Waals surface area (Å²) in [6.07, 6.45) is 1.59. The van der Waals surface area contributed by atoms with Gasteiger partial charge in [-0.25, -0.2) is 0 Å². The van der Waals surface area contributed by atoms with Gasteiger partial charge in [0.05, 0.1) is 22.8 Å². The second kappa shape index (κ2) is 4.05. The van der Waals surface area contributed by atoms with Crippen LogP contribution in [0.5, 0.6) is 0 Å². The molecule has 0 atom stereocenters. The molecular weight excluding hydrogens is 229 g/mol. The highest BCUT2D eigenvalue weighted by Crippen LogP contribution is 2.31. The normalized spacial score (nSPS) is 15.4. The number of benzene rings is 1. The molecule has 7 nitrogen and oxygen atoms in total. The number of nitro benzene ring substituents is 1. The molecule has 0 unspecified atom stereocenters. The summed E-state index contributed by atoms with van der Waals surface area (Å²) in [6, 6.07) is 2.09. The van der Waals surface area contributed by atoms with Crippen LogP contribution < -0.4 is 10.6 Å². The lowest BCUT2D eigenvalue weighted by Crippen LogP contribution is -2.27. The maximum atomic E-state index is 13.3. The minimum atomic E-state index is -0.913. The van der Waals surface area contributed by atoms with E-state index >= 15 is 0 Å². The van der Waals surface area contributed by atoms with Gasteiger partial charge in [-0.05, 0) is 0 Å². The molecule has 1 aliphatic heterocycles. The molecule has 8 heteroatoms. The zero-order chi connectivity index (χ0) is 12.4. The van der Waals surface area contributed by atoms with Crippen LogP contribution in [0, 0.1) is 27.4 Å². The van der Waals surface area contributed by atoms with Crippen LogP contribution >= 0.6 is 0 Å². The van der Waals surface area contributed by atoms with Gasteiger partial charge in [0.2, 0.25) is 12.0 Å². The molecule has 0 fully saturated rings. The maximum Gasteiger partial charge on any atom is 0.307 e. The number of amidine groups is 1. The van der Waals surface area contributed by atoms with Crippen LogP contribution in [-0.2, 0) is 0 Å². The molecule has 0 bridgehead atoms. The summed E-state index contributed by atoms with van der Waals surface area (Å²) in [4.78, 5) is 13.2. The molecule has 0 saturated carbocycles. The summed E-state index contributed by atoms with van der Waals surface area (Å²) in [7, 11) is 0. The Kier molecular flexibility index (Phi) is 2.58. The molecule has 1 heterocycles. The number of aliphatic imine (C=N–C) groups is 1. The summed E-state index contributed by atoms with van der Waals surface area (Å²) >= 11 is 0. The third-order valence-corrected chi connectivity index (χ3v) is 2.19. The number of nitriles is 1. The third-order valence-electron chi connectivity index (χ3n) is 2.19. The molecule has 17 heavy (non-hydrogen) atoms. The van der Waals surface area contributed by atoms with Crippen molar-refractivity contribution in [1.82, 2.24) is 0 Å². The Morgan fingerprint density at radius 3 is 2.94 bits per heavy atom. The number of halogens is 1. The molecule has 2 rings (SSSR count). The molecule has 0 amide bonds. The largest absolute Gasteiger partial charge is 0.376 e.